The van der Waals surface area contributed by atoms with E-state index >= 15 is 0 Å². The van der Waals surface area contributed by atoms with Crippen molar-refractivity contribution in [2.45, 2.75) is 71.1 Å². The van der Waals surface area contributed by atoms with Gasteiger partial charge in [0.15, 0.2) is 0 Å². The number of nitrogens with one attached hydrogen (secondary N) is 1. The average Bonchev–Trinajstić information content (AvgIpc) is 2.48. The maximum Gasteiger partial charge on any atom is 0.0897 e. The summed E-state index contributed by atoms with van der Waals surface area (Å²) < 4.78 is 11.3. The molecule has 0 aromatic carbocycles. The van der Waals surface area contributed by atoms with Gasteiger partial charge in [0, 0.05) is 19.2 Å². The van der Waals surface area contributed by atoms with Crippen LogP contribution in [0.1, 0.15) is 52.9 Å². The van der Waals surface area contributed by atoms with Crippen LogP contribution in [0.25, 0.3) is 0 Å². The lowest BCUT2D eigenvalue weighted by molar-refractivity contribution is -0.0506. The van der Waals surface area contributed by atoms with Crippen LogP contribution in [-0.4, -0.2) is 49.7 Å². The molecule has 0 spiro atoms. The first kappa shape index (κ1) is 17.9. The summed E-state index contributed by atoms with van der Waals surface area (Å²) >= 11 is 0. The number of rotatable bonds is 10. The van der Waals surface area contributed by atoms with E-state index in [0.717, 1.165) is 13.0 Å². The van der Waals surface area contributed by atoms with Crippen molar-refractivity contribution >= 4 is 0 Å². The predicted molar refractivity (Wildman–Crippen MR) is 82.0 cm³/mol. The minimum atomic E-state index is -0.432. The zero-order valence-corrected chi connectivity index (χ0v) is 13.4. The molecule has 0 heterocycles. The van der Waals surface area contributed by atoms with Gasteiger partial charge in [-0.2, -0.15) is 0 Å². The maximum atomic E-state index is 9.98. The molecule has 0 aromatic heterocycles. The van der Waals surface area contributed by atoms with Crippen molar-refractivity contribution < 1.29 is 14.6 Å². The Balaban J connectivity index is 2.13. The molecule has 120 valence electrons. The minimum Gasteiger partial charge on any atom is -0.389 e. The normalized spacial score (nSPS) is 26.4. The van der Waals surface area contributed by atoms with Crippen LogP contribution in [0.2, 0.25) is 0 Å². The van der Waals surface area contributed by atoms with Gasteiger partial charge in [-0.15, -0.1) is 0 Å². The molecule has 1 aliphatic carbocycles. The summed E-state index contributed by atoms with van der Waals surface area (Å²) in [5.74, 6) is 0.681. The number of hydrogen-bond acceptors (Lipinski definition) is 4. The molecule has 0 aliphatic heterocycles. The molecule has 0 saturated heterocycles. The lowest BCUT2D eigenvalue weighted by Gasteiger charge is -2.31. The second-order valence-corrected chi connectivity index (χ2v) is 5.95. The molecular weight excluding hydrogens is 254 g/mol. The average molecular weight is 287 g/mol. The molecular formula is C16H33NO3. The quantitative estimate of drug-likeness (QED) is 0.647. The number of hydrogen-bond donors (Lipinski definition) is 2. The predicted octanol–water partition coefficient (Wildman–Crippen LogP) is 2.35. The molecule has 0 aromatic rings. The van der Waals surface area contributed by atoms with Gasteiger partial charge in [0.05, 0.1) is 25.4 Å². The highest BCUT2D eigenvalue weighted by Crippen LogP contribution is 2.29. The van der Waals surface area contributed by atoms with E-state index in [9.17, 15) is 5.11 Å². The molecule has 4 heteroatoms. The molecule has 4 atom stereocenters. The van der Waals surface area contributed by atoms with Gasteiger partial charge in [-0.25, -0.2) is 0 Å². The van der Waals surface area contributed by atoms with E-state index in [1.165, 1.54) is 25.7 Å². The number of ether oxygens (including phenoxy) is 2. The van der Waals surface area contributed by atoms with E-state index in [0.29, 0.717) is 31.8 Å². The van der Waals surface area contributed by atoms with Gasteiger partial charge in [-0.3, -0.25) is 0 Å². The van der Waals surface area contributed by atoms with Gasteiger partial charge < -0.3 is 19.9 Å². The SMILES string of the molecule is CCOCC(C)NCC(O)COC1CCCCC1CC. The molecule has 2 N–H and O–H groups in total. The van der Waals surface area contributed by atoms with Gasteiger partial charge in [-0.1, -0.05) is 26.2 Å². The standard InChI is InChI=1S/C16H33NO3/c1-4-14-8-6-7-9-16(14)20-12-15(18)10-17-13(3)11-19-5-2/h13-18H,4-12H2,1-3H3. The fraction of sp³-hybridized carbons (Fsp3) is 1.00. The van der Waals surface area contributed by atoms with Crippen molar-refractivity contribution in [3.05, 3.63) is 0 Å². The Morgan fingerprint density at radius 2 is 1.95 bits per heavy atom. The third-order valence-corrected chi connectivity index (χ3v) is 4.14. The monoisotopic (exact) mass is 287 g/mol. The van der Waals surface area contributed by atoms with Crippen LogP contribution in [0, 0.1) is 5.92 Å². The van der Waals surface area contributed by atoms with Crippen molar-refractivity contribution in [1.82, 2.24) is 5.32 Å². The third-order valence-electron chi connectivity index (χ3n) is 4.14. The molecule has 1 aliphatic rings. The van der Waals surface area contributed by atoms with E-state index in [1.807, 2.05) is 6.92 Å². The fourth-order valence-corrected chi connectivity index (χ4v) is 2.84. The maximum absolute atomic E-state index is 9.98. The Bertz CT molecular complexity index is 238. The highest BCUT2D eigenvalue weighted by molar-refractivity contribution is 4.75. The van der Waals surface area contributed by atoms with Gasteiger partial charge in [-0.05, 0) is 32.6 Å². The van der Waals surface area contributed by atoms with Crippen molar-refractivity contribution in [2.75, 3.05) is 26.4 Å². The molecule has 0 radical (unpaired) electrons. The van der Waals surface area contributed by atoms with E-state index in [4.69, 9.17) is 9.47 Å². The summed E-state index contributed by atoms with van der Waals surface area (Å²) in [6.07, 6.45) is 6.13. The van der Waals surface area contributed by atoms with E-state index in [2.05, 4.69) is 19.2 Å². The summed E-state index contributed by atoms with van der Waals surface area (Å²) in [4.78, 5) is 0. The van der Waals surface area contributed by atoms with Crippen molar-refractivity contribution in [1.29, 1.82) is 0 Å². The summed E-state index contributed by atoms with van der Waals surface area (Å²) in [5.41, 5.74) is 0. The van der Waals surface area contributed by atoms with Gasteiger partial charge >= 0.3 is 0 Å². The number of aliphatic hydroxyl groups excluding tert-OH is 1. The smallest absolute Gasteiger partial charge is 0.0897 e. The number of aliphatic hydroxyl groups is 1. The Morgan fingerprint density at radius 1 is 1.20 bits per heavy atom. The minimum absolute atomic E-state index is 0.266. The first-order valence-electron chi connectivity index (χ1n) is 8.28. The largest absolute Gasteiger partial charge is 0.389 e. The molecule has 0 bridgehead atoms. The van der Waals surface area contributed by atoms with Crippen LogP contribution in [0.4, 0.5) is 0 Å². The summed E-state index contributed by atoms with van der Waals surface area (Å²) in [6.45, 7) is 8.72. The lowest BCUT2D eigenvalue weighted by Crippen LogP contribution is -2.39. The van der Waals surface area contributed by atoms with Crippen molar-refractivity contribution in [3.63, 3.8) is 0 Å². The van der Waals surface area contributed by atoms with E-state index in [-0.39, 0.29) is 6.04 Å². The van der Waals surface area contributed by atoms with Crippen LogP contribution < -0.4 is 5.32 Å². The van der Waals surface area contributed by atoms with E-state index < -0.39 is 6.10 Å². The Kier molecular flexibility index (Phi) is 9.44. The Labute approximate surface area is 124 Å². The highest BCUT2D eigenvalue weighted by atomic mass is 16.5. The second-order valence-electron chi connectivity index (χ2n) is 5.95. The van der Waals surface area contributed by atoms with Crippen LogP contribution in [0.5, 0.6) is 0 Å². The van der Waals surface area contributed by atoms with Crippen molar-refractivity contribution in [3.8, 4) is 0 Å². The zero-order chi connectivity index (χ0) is 14.8. The lowest BCUT2D eigenvalue weighted by atomic mass is 9.85. The first-order chi connectivity index (χ1) is 9.67. The fourth-order valence-electron chi connectivity index (χ4n) is 2.84. The van der Waals surface area contributed by atoms with Crippen LogP contribution >= 0.6 is 0 Å². The molecule has 4 unspecified atom stereocenters. The molecule has 1 rings (SSSR count). The topological polar surface area (TPSA) is 50.7 Å². The van der Waals surface area contributed by atoms with Crippen LogP contribution in [0.15, 0.2) is 0 Å². The summed E-state index contributed by atoms with van der Waals surface area (Å²) in [7, 11) is 0. The van der Waals surface area contributed by atoms with Gasteiger partial charge in [0.2, 0.25) is 0 Å². The molecule has 1 fully saturated rings. The molecule has 20 heavy (non-hydrogen) atoms. The molecule has 4 nitrogen and oxygen atoms in total. The van der Waals surface area contributed by atoms with E-state index in [1.54, 1.807) is 0 Å². The first-order valence-corrected chi connectivity index (χ1v) is 8.28. The molecule has 0 amide bonds. The highest BCUT2D eigenvalue weighted by Gasteiger charge is 2.24. The van der Waals surface area contributed by atoms with Gasteiger partial charge in [0.25, 0.3) is 0 Å². The Hall–Kier alpha value is -0.160. The third kappa shape index (κ3) is 7.02. The molecule has 1 saturated carbocycles. The van der Waals surface area contributed by atoms with Crippen LogP contribution in [-0.2, 0) is 9.47 Å². The summed E-state index contributed by atoms with van der Waals surface area (Å²) in [6, 6.07) is 0.266. The van der Waals surface area contributed by atoms with Gasteiger partial charge in [0.1, 0.15) is 0 Å². The van der Waals surface area contributed by atoms with Crippen LogP contribution in [0.3, 0.4) is 0 Å². The summed E-state index contributed by atoms with van der Waals surface area (Å²) in [5, 5.41) is 13.3. The Morgan fingerprint density at radius 3 is 2.65 bits per heavy atom. The zero-order valence-electron chi connectivity index (χ0n) is 13.4. The van der Waals surface area contributed by atoms with Crippen molar-refractivity contribution in [2.24, 2.45) is 5.92 Å². The second kappa shape index (κ2) is 10.6.